The summed E-state index contributed by atoms with van der Waals surface area (Å²) in [6.45, 7) is 9.58. The molecule has 250 valence electrons. The van der Waals surface area contributed by atoms with Crippen LogP contribution in [0.25, 0.3) is 0 Å². The Labute approximate surface area is 274 Å². The Morgan fingerprint density at radius 2 is 1.80 bits per heavy atom. The fraction of sp³-hybridized carbons (Fsp3) is 0.725. The first-order chi connectivity index (χ1) is 21.9. The zero-order valence-corrected chi connectivity index (χ0v) is 28.2. The van der Waals surface area contributed by atoms with Gasteiger partial charge in [0.25, 0.3) is 0 Å². The average Bonchev–Trinajstić information content (AvgIpc) is 3.53. The number of carbonyl (C=O) groups excluding carboxylic acids is 1. The third kappa shape index (κ3) is 4.22. The standard InChI is InChI=1S/C40H54O6/c1-24-22-45-34(25(24)2)35(42)37(4,43)32-13-16-40(44)29-19-31(41)30-21-38(15-12-28(23-46-38)26-9-6-5-7-10-26)18-17-36(30,3)33(29)27-11-8-14-39(32,40)20-27/h5-7,9-10,12,15,19,24-25,27-28,30,32-35,42-44H,8,11,13-14,16-18,20-23H2,1-4H3/t24-,25+,27-,28-,30-,32+,33-,34-,35+,36-,37-,38-,39+,40+/m0/s1. The molecule has 5 aliphatic carbocycles. The SMILES string of the molecule is C[C@H]1[C@@H]([C@@H](O)[C@@](C)(O)[C@H]2CC[C@@]3(O)C4=CC(=O)[C@@H]5C[C@]6(C=C[C@H](c7ccccc7)CO6)CC[C@]5(C)[C@H]4[C@H]4CCC[C@@]23C4)OC[C@@H]1C. The number of ketones is 1. The molecule has 4 saturated carbocycles. The second-order valence-corrected chi connectivity index (χ2v) is 17.3. The molecule has 5 fully saturated rings. The van der Waals surface area contributed by atoms with Crippen molar-refractivity contribution in [3.05, 3.63) is 59.7 Å². The van der Waals surface area contributed by atoms with Gasteiger partial charge in [0.15, 0.2) is 5.78 Å². The molecule has 0 radical (unpaired) electrons. The van der Waals surface area contributed by atoms with E-state index >= 15 is 0 Å². The van der Waals surface area contributed by atoms with Crippen molar-refractivity contribution < 1.29 is 29.6 Å². The highest BCUT2D eigenvalue weighted by atomic mass is 16.5. The summed E-state index contributed by atoms with van der Waals surface area (Å²) < 4.78 is 12.7. The van der Waals surface area contributed by atoms with Crippen LogP contribution in [0.15, 0.2) is 54.1 Å². The molecule has 2 bridgehead atoms. The number of hydrogen-bond acceptors (Lipinski definition) is 6. The Morgan fingerprint density at radius 1 is 1.02 bits per heavy atom. The molecule has 2 aliphatic heterocycles. The Hall–Kier alpha value is -1.83. The molecule has 0 amide bonds. The van der Waals surface area contributed by atoms with Crippen molar-refractivity contribution in [2.24, 2.45) is 46.3 Å². The molecule has 8 rings (SSSR count). The highest BCUT2D eigenvalue weighted by molar-refractivity contribution is 5.95. The zero-order chi connectivity index (χ0) is 32.3. The number of carbonyl (C=O) groups is 1. The van der Waals surface area contributed by atoms with Crippen molar-refractivity contribution in [3.8, 4) is 0 Å². The van der Waals surface area contributed by atoms with Crippen LogP contribution in [-0.4, -0.2) is 63.3 Å². The van der Waals surface area contributed by atoms with Gasteiger partial charge in [0.05, 0.1) is 29.5 Å². The number of fused-ring (bicyclic) bond motifs is 6. The van der Waals surface area contributed by atoms with Crippen LogP contribution in [-0.2, 0) is 14.3 Å². The van der Waals surface area contributed by atoms with Crippen LogP contribution in [0.2, 0.25) is 0 Å². The fourth-order valence-electron chi connectivity index (χ4n) is 12.4. The average molecular weight is 631 g/mol. The molecule has 1 aromatic rings. The molecule has 1 saturated heterocycles. The molecule has 2 spiro atoms. The summed E-state index contributed by atoms with van der Waals surface area (Å²) in [7, 11) is 0. The first kappa shape index (κ1) is 31.4. The summed E-state index contributed by atoms with van der Waals surface area (Å²) in [4.78, 5) is 14.3. The summed E-state index contributed by atoms with van der Waals surface area (Å²) in [6.07, 6.45) is 12.3. The minimum absolute atomic E-state index is 0.135. The Kier molecular flexibility index (Phi) is 7.23. The summed E-state index contributed by atoms with van der Waals surface area (Å²) in [5.74, 6) is 0.904. The van der Waals surface area contributed by atoms with Gasteiger partial charge in [0.1, 0.15) is 6.10 Å². The molecular formula is C40H54O6. The number of aliphatic hydroxyl groups excluding tert-OH is 1. The quantitative estimate of drug-likeness (QED) is 0.346. The van der Waals surface area contributed by atoms with E-state index in [1.165, 1.54) is 5.56 Å². The topological polar surface area (TPSA) is 96.2 Å². The van der Waals surface area contributed by atoms with Crippen molar-refractivity contribution >= 4 is 5.78 Å². The van der Waals surface area contributed by atoms with Crippen LogP contribution >= 0.6 is 0 Å². The Bertz CT molecular complexity index is 1430. The smallest absolute Gasteiger partial charge is 0.159 e. The summed E-state index contributed by atoms with van der Waals surface area (Å²) in [5, 5.41) is 37.0. The molecule has 46 heavy (non-hydrogen) atoms. The minimum Gasteiger partial charge on any atom is -0.387 e. The molecule has 3 N–H and O–H groups in total. The highest BCUT2D eigenvalue weighted by Crippen LogP contribution is 2.74. The highest BCUT2D eigenvalue weighted by Gasteiger charge is 2.73. The van der Waals surface area contributed by atoms with Gasteiger partial charge in [-0.1, -0.05) is 69.7 Å². The van der Waals surface area contributed by atoms with E-state index in [1.54, 1.807) is 6.92 Å². The van der Waals surface area contributed by atoms with Gasteiger partial charge in [-0.25, -0.2) is 0 Å². The zero-order valence-electron chi connectivity index (χ0n) is 28.2. The molecule has 2 heterocycles. The van der Waals surface area contributed by atoms with Crippen LogP contribution in [0.4, 0.5) is 0 Å². The van der Waals surface area contributed by atoms with Crippen molar-refractivity contribution in [1.29, 1.82) is 0 Å². The molecule has 1 aromatic carbocycles. The van der Waals surface area contributed by atoms with E-state index in [2.05, 4.69) is 57.2 Å². The summed E-state index contributed by atoms with van der Waals surface area (Å²) in [5.41, 5.74) is -1.57. The van der Waals surface area contributed by atoms with E-state index in [-0.39, 0.29) is 40.8 Å². The van der Waals surface area contributed by atoms with Crippen LogP contribution in [0, 0.1) is 46.3 Å². The van der Waals surface area contributed by atoms with Gasteiger partial charge in [0, 0.05) is 23.9 Å². The van der Waals surface area contributed by atoms with Gasteiger partial charge in [-0.3, -0.25) is 4.79 Å². The first-order valence-electron chi connectivity index (χ1n) is 18.2. The number of allylic oxidation sites excluding steroid dienone is 1. The van der Waals surface area contributed by atoms with E-state index in [9.17, 15) is 20.1 Å². The van der Waals surface area contributed by atoms with Gasteiger partial charge in [-0.05, 0) is 111 Å². The van der Waals surface area contributed by atoms with Crippen molar-refractivity contribution in [3.63, 3.8) is 0 Å². The number of aliphatic hydroxyl groups is 3. The maximum Gasteiger partial charge on any atom is 0.159 e. The third-order valence-corrected chi connectivity index (χ3v) is 15.2. The lowest BCUT2D eigenvalue weighted by atomic mass is 9.39. The molecule has 6 nitrogen and oxygen atoms in total. The van der Waals surface area contributed by atoms with Crippen LogP contribution < -0.4 is 0 Å². The predicted octanol–water partition coefficient (Wildman–Crippen LogP) is 6.14. The van der Waals surface area contributed by atoms with E-state index in [0.29, 0.717) is 44.3 Å². The van der Waals surface area contributed by atoms with Crippen LogP contribution in [0.5, 0.6) is 0 Å². The molecule has 0 aromatic heterocycles. The summed E-state index contributed by atoms with van der Waals surface area (Å²) in [6, 6.07) is 10.5. The first-order valence-corrected chi connectivity index (χ1v) is 18.2. The minimum atomic E-state index is -1.41. The molecule has 7 aliphatic rings. The largest absolute Gasteiger partial charge is 0.387 e. The van der Waals surface area contributed by atoms with Crippen LogP contribution in [0.1, 0.15) is 97.0 Å². The lowest BCUT2D eigenvalue weighted by molar-refractivity contribution is -0.215. The third-order valence-electron chi connectivity index (χ3n) is 15.2. The summed E-state index contributed by atoms with van der Waals surface area (Å²) >= 11 is 0. The number of rotatable bonds is 4. The number of ether oxygens (including phenoxy) is 2. The predicted molar refractivity (Wildman–Crippen MR) is 176 cm³/mol. The van der Waals surface area contributed by atoms with Crippen molar-refractivity contribution in [2.45, 2.75) is 120 Å². The Morgan fingerprint density at radius 3 is 2.50 bits per heavy atom. The van der Waals surface area contributed by atoms with E-state index < -0.39 is 34.4 Å². The number of hydrogen-bond donors (Lipinski definition) is 3. The molecule has 0 unspecified atom stereocenters. The second-order valence-electron chi connectivity index (χ2n) is 17.3. The second kappa shape index (κ2) is 10.6. The van der Waals surface area contributed by atoms with E-state index in [0.717, 1.165) is 44.1 Å². The maximum absolute atomic E-state index is 14.3. The van der Waals surface area contributed by atoms with Crippen LogP contribution in [0.3, 0.4) is 0 Å². The molecular weight excluding hydrogens is 576 g/mol. The molecule has 6 heteroatoms. The van der Waals surface area contributed by atoms with Gasteiger partial charge in [0.2, 0.25) is 0 Å². The van der Waals surface area contributed by atoms with Gasteiger partial charge >= 0.3 is 0 Å². The monoisotopic (exact) mass is 630 g/mol. The van der Waals surface area contributed by atoms with Gasteiger partial charge < -0.3 is 24.8 Å². The Balaban J connectivity index is 1.10. The molecule has 14 atom stereocenters. The normalized spacial score (nSPS) is 49.9. The van der Waals surface area contributed by atoms with Gasteiger partial charge in [-0.15, -0.1) is 0 Å². The van der Waals surface area contributed by atoms with E-state index in [1.807, 2.05) is 12.1 Å². The number of benzene rings is 1. The van der Waals surface area contributed by atoms with Crippen molar-refractivity contribution in [2.75, 3.05) is 13.2 Å². The van der Waals surface area contributed by atoms with Gasteiger partial charge in [-0.2, -0.15) is 0 Å². The maximum atomic E-state index is 14.3. The lowest BCUT2D eigenvalue weighted by Gasteiger charge is -2.66. The van der Waals surface area contributed by atoms with Crippen molar-refractivity contribution in [1.82, 2.24) is 0 Å². The van der Waals surface area contributed by atoms with E-state index in [4.69, 9.17) is 9.47 Å². The fourth-order valence-corrected chi connectivity index (χ4v) is 12.4. The lowest BCUT2D eigenvalue weighted by Crippen LogP contribution is -2.67.